The summed E-state index contributed by atoms with van der Waals surface area (Å²) in [6.45, 7) is 0.431. The molecule has 1 aromatic carbocycles. The zero-order valence-corrected chi connectivity index (χ0v) is 13.1. The third-order valence-electron chi connectivity index (χ3n) is 5.09. The molecule has 124 valence electrons. The number of ether oxygens (including phenoxy) is 4. The third-order valence-corrected chi connectivity index (χ3v) is 5.09. The van der Waals surface area contributed by atoms with E-state index in [1.165, 1.54) is 0 Å². The smallest absolute Gasteiger partial charge is 0.187 e. The molecule has 3 aliphatic rings. The number of rotatable bonds is 2. The molecular formula is C18H22O5. The first-order valence-electron chi connectivity index (χ1n) is 8.10. The number of hydrogen-bond donors (Lipinski definition) is 1. The lowest BCUT2D eigenvalue weighted by Gasteiger charge is -2.54. The standard InChI is InChI=1S/C18H22O5/c1-20-17-18(19)10-6-5-9-13(18)15-14(22-17)11-21-16(23-15)12-7-3-2-4-8-12/h2-8,13-17,19H,9-11H2,1H3/t13-,14+,15-,16+,17-,18-/m0/s1. The summed E-state index contributed by atoms with van der Waals surface area (Å²) in [6, 6.07) is 9.87. The molecule has 23 heavy (non-hydrogen) atoms. The number of fused-ring (bicyclic) bond motifs is 3. The second-order valence-corrected chi connectivity index (χ2v) is 6.43. The average Bonchev–Trinajstić information content (AvgIpc) is 2.61. The molecule has 0 spiro atoms. The van der Waals surface area contributed by atoms with E-state index in [1.807, 2.05) is 36.4 Å². The SMILES string of the molecule is CO[C@H]1O[C@@H]2CO[C@@H](c3ccccc3)O[C@H]2[C@@H]2CC=CC[C@@]12O. The van der Waals surface area contributed by atoms with Crippen LogP contribution in [0.15, 0.2) is 42.5 Å². The van der Waals surface area contributed by atoms with Crippen molar-refractivity contribution in [2.24, 2.45) is 5.92 Å². The van der Waals surface area contributed by atoms with Crippen LogP contribution >= 0.6 is 0 Å². The molecule has 1 N–H and O–H groups in total. The van der Waals surface area contributed by atoms with Crippen LogP contribution < -0.4 is 0 Å². The first kappa shape index (κ1) is 15.3. The van der Waals surface area contributed by atoms with E-state index in [9.17, 15) is 5.11 Å². The van der Waals surface area contributed by atoms with Crippen molar-refractivity contribution >= 4 is 0 Å². The van der Waals surface area contributed by atoms with E-state index in [2.05, 4.69) is 6.08 Å². The first-order chi connectivity index (χ1) is 11.2. The fourth-order valence-electron chi connectivity index (χ4n) is 3.90. The Kier molecular flexibility index (Phi) is 3.99. The Morgan fingerprint density at radius 1 is 1.17 bits per heavy atom. The molecule has 0 radical (unpaired) electrons. The van der Waals surface area contributed by atoms with Gasteiger partial charge in [0.15, 0.2) is 12.6 Å². The van der Waals surface area contributed by atoms with Crippen molar-refractivity contribution in [3.05, 3.63) is 48.0 Å². The predicted molar refractivity (Wildman–Crippen MR) is 82.5 cm³/mol. The molecule has 0 unspecified atom stereocenters. The van der Waals surface area contributed by atoms with E-state index in [4.69, 9.17) is 18.9 Å². The van der Waals surface area contributed by atoms with E-state index in [-0.39, 0.29) is 18.1 Å². The molecule has 0 bridgehead atoms. The Morgan fingerprint density at radius 2 is 2.00 bits per heavy atom. The maximum absolute atomic E-state index is 11.1. The highest BCUT2D eigenvalue weighted by Crippen LogP contribution is 2.46. The molecule has 5 nitrogen and oxygen atoms in total. The van der Waals surface area contributed by atoms with E-state index in [0.29, 0.717) is 13.0 Å². The fourth-order valence-corrected chi connectivity index (χ4v) is 3.90. The minimum absolute atomic E-state index is 0.0636. The van der Waals surface area contributed by atoms with Crippen LogP contribution in [0.1, 0.15) is 24.7 Å². The summed E-state index contributed by atoms with van der Waals surface area (Å²) < 4.78 is 23.4. The fraction of sp³-hybridized carbons (Fsp3) is 0.556. The minimum atomic E-state index is -1.05. The molecule has 1 aliphatic carbocycles. The van der Waals surface area contributed by atoms with Crippen molar-refractivity contribution in [3.8, 4) is 0 Å². The molecule has 0 aromatic heterocycles. The average molecular weight is 318 g/mol. The van der Waals surface area contributed by atoms with Gasteiger partial charge in [0.25, 0.3) is 0 Å². The Labute approximate surface area is 135 Å². The Bertz CT molecular complexity index is 574. The monoisotopic (exact) mass is 318 g/mol. The maximum Gasteiger partial charge on any atom is 0.187 e. The van der Waals surface area contributed by atoms with Crippen LogP contribution in [0.5, 0.6) is 0 Å². The summed E-state index contributed by atoms with van der Waals surface area (Å²) in [7, 11) is 1.57. The van der Waals surface area contributed by atoms with Crippen LogP contribution in [0.4, 0.5) is 0 Å². The van der Waals surface area contributed by atoms with Crippen LogP contribution in [-0.2, 0) is 18.9 Å². The second-order valence-electron chi connectivity index (χ2n) is 6.43. The zero-order chi connectivity index (χ0) is 15.9. The maximum atomic E-state index is 11.1. The van der Waals surface area contributed by atoms with Gasteiger partial charge in [-0.2, -0.15) is 0 Å². The van der Waals surface area contributed by atoms with E-state index in [1.54, 1.807) is 7.11 Å². The predicted octanol–water partition coefficient (Wildman–Crippen LogP) is 2.17. The van der Waals surface area contributed by atoms with Crippen molar-refractivity contribution in [3.63, 3.8) is 0 Å². The normalized spacial score (nSPS) is 42.8. The number of aliphatic hydroxyl groups is 1. The number of methoxy groups -OCH3 is 1. The van der Waals surface area contributed by atoms with Crippen LogP contribution in [0, 0.1) is 5.92 Å². The zero-order valence-electron chi connectivity index (χ0n) is 13.1. The second kappa shape index (κ2) is 6.00. The van der Waals surface area contributed by atoms with Gasteiger partial charge < -0.3 is 24.1 Å². The highest BCUT2D eigenvalue weighted by atomic mass is 16.7. The quantitative estimate of drug-likeness (QED) is 0.847. The van der Waals surface area contributed by atoms with Gasteiger partial charge in [-0.25, -0.2) is 0 Å². The van der Waals surface area contributed by atoms with Crippen LogP contribution in [0.25, 0.3) is 0 Å². The first-order valence-corrected chi connectivity index (χ1v) is 8.10. The van der Waals surface area contributed by atoms with Crippen molar-refractivity contribution < 1.29 is 24.1 Å². The van der Waals surface area contributed by atoms with E-state index < -0.39 is 18.2 Å². The topological polar surface area (TPSA) is 57.2 Å². The summed E-state index contributed by atoms with van der Waals surface area (Å²) in [6.07, 6.45) is 3.84. The van der Waals surface area contributed by atoms with Crippen LogP contribution in [0.3, 0.4) is 0 Å². The molecule has 5 heteroatoms. The Morgan fingerprint density at radius 3 is 2.78 bits per heavy atom. The van der Waals surface area contributed by atoms with Crippen molar-refractivity contribution in [1.29, 1.82) is 0 Å². The molecule has 2 heterocycles. The van der Waals surface area contributed by atoms with Gasteiger partial charge in [-0.05, 0) is 12.8 Å². The van der Waals surface area contributed by atoms with Gasteiger partial charge in [0, 0.05) is 18.6 Å². The molecule has 0 amide bonds. The van der Waals surface area contributed by atoms with Crippen molar-refractivity contribution in [2.75, 3.05) is 13.7 Å². The van der Waals surface area contributed by atoms with E-state index >= 15 is 0 Å². The summed E-state index contributed by atoms with van der Waals surface area (Å²) in [4.78, 5) is 0. The number of allylic oxidation sites excluding steroid dienone is 1. The van der Waals surface area contributed by atoms with Gasteiger partial charge >= 0.3 is 0 Å². The van der Waals surface area contributed by atoms with Gasteiger partial charge in [-0.1, -0.05) is 42.5 Å². The lowest BCUT2D eigenvalue weighted by atomic mass is 9.71. The Balaban J connectivity index is 1.61. The van der Waals surface area contributed by atoms with Crippen LogP contribution in [0.2, 0.25) is 0 Å². The summed E-state index contributed by atoms with van der Waals surface area (Å²) >= 11 is 0. The molecule has 2 aliphatic heterocycles. The Hall–Kier alpha value is -1.24. The summed E-state index contributed by atoms with van der Waals surface area (Å²) in [5.74, 6) is -0.0636. The molecule has 4 rings (SSSR count). The third kappa shape index (κ3) is 2.53. The van der Waals surface area contributed by atoms with Crippen molar-refractivity contribution in [1.82, 2.24) is 0 Å². The lowest BCUT2D eigenvalue weighted by Crippen LogP contribution is -2.66. The number of hydrogen-bond acceptors (Lipinski definition) is 5. The summed E-state index contributed by atoms with van der Waals surface area (Å²) in [5.41, 5.74) is -0.0711. The highest BCUT2D eigenvalue weighted by Gasteiger charge is 2.57. The molecule has 1 aromatic rings. The molecule has 2 fully saturated rings. The summed E-state index contributed by atoms with van der Waals surface area (Å²) in [5, 5.41) is 11.1. The lowest BCUT2D eigenvalue weighted by molar-refractivity contribution is -0.375. The largest absolute Gasteiger partial charge is 0.384 e. The van der Waals surface area contributed by atoms with Gasteiger partial charge in [0.05, 0.1) is 12.7 Å². The molecule has 6 atom stereocenters. The highest BCUT2D eigenvalue weighted by molar-refractivity contribution is 5.17. The van der Waals surface area contributed by atoms with Crippen LogP contribution in [-0.4, -0.2) is 42.9 Å². The van der Waals surface area contributed by atoms with Gasteiger partial charge in [-0.15, -0.1) is 0 Å². The van der Waals surface area contributed by atoms with E-state index in [0.717, 1.165) is 12.0 Å². The molecule has 2 saturated heterocycles. The molecule has 0 saturated carbocycles. The number of benzene rings is 1. The molecular weight excluding hydrogens is 296 g/mol. The van der Waals surface area contributed by atoms with Crippen molar-refractivity contribution in [2.45, 2.75) is 43.2 Å². The minimum Gasteiger partial charge on any atom is -0.384 e. The van der Waals surface area contributed by atoms with Gasteiger partial charge in [0.2, 0.25) is 0 Å². The van der Waals surface area contributed by atoms with Gasteiger partial charge in [0.1, 0.15) is 11.7 Å². The van der Waals surface area contributed by atoms with Gasteiger partial charge in [-0.3, -0.25) is 0 Å².